The largest absolute Gasteiger partial charge is 0.466 e. The van der Waals surface area contributed by atoms with Gasteiger partial charge in [-0.2, -0.15) is 11.8 Å². The standard InChI is InChI=1S/C13H20N2O2S2/c1-2-17-12(16)4-3-11-9-19-13(15-11)14-7-10-5-6-18-8-10/h9-10H,2-8H2,1H3,(H,14,15). The fraction of sp³-hybridized carbons (Fsp3) is 0.692. The number of esters is 1. The van der Waals surface area contributed by atoms with Crippen molar-refractivity contribution in [2.24, 2.45) is 5.92 Å². The fourth-order valence-electron chi connectivity index (χ4n) is 1.94. The summed E-state index contributed by atoms with van der Waals surface area (Å²) in [6.45, 7) is 3.28. The molecular formula is C13H20N2O2S2. The molecule has 1 saturated heterocycles. The maximum absolute atomic E-state index is 11.3. The summed E-state index contributed by atoms with van der Waals surface area (Å²) in [6.07, 6.45) is 2.38. The van der Waals surface area contributed by atoms with Crippen molar-refractivity contribution in [1.29, 1.82) is 0 Å². The Balaban J connectivity index is 1.70. The van der Waals surface area contributed by atoms with Crippen LogP contribution in [0.4, 0.5) is 5.13 Å². The van der Waals surface area contributed by atoms with Gasteiger partial charge < -0.3 is 10.1 Å². The Morgan fingerprint density at radius 3 is 3.26 bits per heavy atom. The van der Waals surface area contributed by atoms with Crippen molar-refractivity contribution in [1.82, 2.24) is 4.98 Å². The number of carbonyl (C=O) groups is 1. The Labute approximate surface area is 122 Å². The van der Waals surface area contributed by atoms with Crippen molar-refractivity contribution >= 4 is 34.2 Å². The minimum atomic E-state index is -0.145. The monoisotopic (exact) mass is 300 g/mol. The summed E-state index contributed by atoms with van der Waals surface area (Å²) in [6, 6.07) is 0. The normalized spacial score (nSPS) is 18.5. The third-order valence-electron chi connectivity index (χ3n) is 3.01. The topological polar surface area (TPSA) is 51.2 Å². The molecule has 1 aromatic heterocycles. The van der Waals surface area contributed by atoms with Crippen LogP contribution in [-0.4, -0.2) is 35.6 Å². The van der Waals surface area contributed by atoms with Gasteiger partial charge in [-0.15, -0.1) is 11.3 Å². The Hall–Kier alpha value is -0.750. The first kappa shape index (κ1) is 14.7. The molecule has 1 aromatic rings. The Morgan fingerprint density at radius 2 is 2.53 bits per heavy atom. The number of anilines is 1. The molecule has 0 bridgehead atoms. The van der Waals surface area contributed by atoms with Crippen LogP contribution in [0.1, 0.15) is 25.5 Å². The highest BCUT2D eigenvalue weighted by atomic mass is 32.2. The highest BCUT2D eigenvalue weighted by Gasteiger charge is 2.15. The minimum absolute atomic E-state index is 0.145. The van der Waals surface area contributed by atoms with Gasteiger partial charge in [-0.25, -0.2) is 4.98 Å². The van der Waals surface area contributed by atoms with E-state index in [1.54, 1.807) is 11.3 Å². The van der Waals surface area contributed by atoms with Crippen LogP contribution in [0.3, 0.4) is 0 Å². The van der Waals surface area contributed by atoms with Gasteiger partial charge >= 0.3 is 5.97 Å². The number of ether oxygens (including phenoxy) is 1. The van der Waals surface area contributed by atoms with Crippen LogP contribution in [0, 0.1) is 5.92 Å². The van der Waals surface area contributed by atoms with E-state index >= 15 is 0 Å². The number of nitrogens with zero attached hydrogens (tertiary/aromatic N) is 1. The third-order valence-corrected chi connectivity index (χ3v) is 5.09. The molecule has 1 unspecified atom stereocenters. The van der Waals surface area contributed by atoms with Crippen molar-refractivity contribution in [2.75, 3.05) is 30.0 Å². The van der Waals surface area contributed by atoms with Crippen molar-refractivity contribution in [2.45, 2.75) is 26.2 Å². The lowest BCUT2D eigenvalue weighted by molar-refractivity contribution is -0.143. The Morgan fingerprint density at radius 1 is 1.63 bits per heavy atom. The Kier molecular flexibility index (Phi) is 5.97. The van der Waals surface area contributed by atoms with Crippen LogP contribution in [0.15, 0.2) is 5.38 Å². The smallest absolute Gasteiger partial charge is 0.306 e. The summed E-state index contributed by atoms with van der Waals surface area (Å²) >= 11 is 3.65. The van der Waals surface area contributed by atoms with Crippen LogP contribution in [0.5, 0.6) is 0 Å². The van der Waals surface area contributed by atoms with Crippen LogP contribution < -0.4 is 5.32 Å². The molecule has 2 rings (SSSR count). The first-order chi connectivity index (χ1) is 9.28. The second kappa shape index (κ2) is 7.75. The van der Waals surface area contributed by atoms with Gasteiger partial charge in [0.05, 0.1) is 18.7 Å². The van der Waals surface area contributed by atoms with Gasteiger partial charge in [0.25, 0.3) is 0 Å². The van der Waals surface area contributed by atoms with Gasteiger partial charge in [0.1, 0.15) is 0 Å². The van der Waals surface area contributed by atoms with Gasteiger partial charge in [0.2, 0.25) is 0 Å². The van der Waals surface area contributed by atoms with Gasteiger partial charge in [-0.1, -0.05) is 0 Å². The molecule has 2 heterocycles. The average molecular weight is 300 g/mol. The molecule has 6 heteroatoms. The van der Waals surface area contributed by atoms with E-state index in [2.05, 4.69) is 10.3 Å². The Bertz CT molecular complexity index is 403. The molecule has 1 N–H and O–H groups in total. The summed E-state index contributed by atoms with van der Waals surface area (Å²) in [5, 5.41) is 6.38. The number of rotatable bonds is 7. The van der Waals surface area contributed by atoms with E-state index in [1.807, 2.05) is 24.1 Å². The molecule has 106 valence electrons. The third kappa shape index (κ3) is 5.03. The lowest BCUT2D eigenvalue weighted by Gasteiger charge is -2.08. The minimum Gasteiger partial charge on any atom is -0.466 e. The number of hydrogen-bond acceptors (Lipinski definition) is 6. The van der Waals surface area contributed by atoms with Gasteiger partial charge in [0.15, 0.2) is 5.13 Å². The predicted molar refractivity (Wildman–Crippen MR) is 81.0 cm³/mol. The number of thioether (sulfide) groups is 1. The van der Waals surface area contributed by atoms with E-state index in [1.165, 1.54) is 17.9 Å². The molecule has 0 aromatic carbocycles. The molecule has 0 spiro atoms. The van der Waals surface area contributed by atoms with Gasteiger partial charge in [-0.05, 0) is 30.8 Å². The summed E-state index contributed by atoms with van der Waals surface area (Å²) in [5.41, 5.74) is 0.973. The maximum Gasteiger partial charge on any atom is 0.306 e. The molecule has 1 fully saturated rings. The molecule has 1 atom stereocenters. The number of thiazole rings is 1. The van der Waals surface area contributed by atoms with Crippen molar-refractivity contribution in [3.8, 4) is 0 Å². The molecule has 0 saturated carbocycles. The van der Waals surface area contributed by atoms with Crippen LogP contribution in [-0.2, 0) is 16.0 Å². The van der Waals surface area contributed by atoms with Crippen LogP contribution in [0.25, 0.3) is 0 Å². The van der Waals surface area contributed by atoms with E-state index in [9.17, 15) is 4.79 Å². The molecule has 1 aliphatic rings. The van der Waals surface area contributed by atoms with E-state index in [-0.39, 0.29) is 5.97 Å². The van der Waals surface area contributed by atoms with Gasteiger partial charge in [0, 0.05) is 18.3 Å². The maximum atomic E-state index is 11.3. The summed E-state index contributed by atoms with van der Waals surface area (Å²) in [4.78, 5) is 15.8. The first-order valence-corrected chi connectivity index (χ1v) is 8.73. The summed E-state index contributed by atoms with van der Waals surface area (Å²) < 4.78 is 4.90. The number of aryl methyl sites for hydroxylation is 1. The molecule has 19 heavy (non-hydrogen) atoms. The summed E-state index contributed by atoms with van der Waals surface area (Å²) in [7, 11) is 0. The van der Waals surface area contributed by atoms with Crippen molar-refractivity contribution < 1.29 is 9.53 Å². The van der Waals surface area contributed by atoms with Crippen LogP contribution in [0.2, 0.25) is 0 Å². The average Bonchev–Trinajstić information content (AvgIpc) is 3.06. The highest BCUT2D eigenvalue weighted by molar-refractivity contribution is 7.99. The van der Waals surface area contributed by atoms with E-state index in [0.29, 0.717) is 19.4 Å². The fourth-order valence-corrected chi connectivity index (χ4v) is 3.98. The quantitative estimate of drug-likeness (QED) is 0.785. The number of aromatic nitrogens is 1. The number of hydrogen-bond donors (Lipinski definition) is 1. The highest BCUT2D eigenvalue weighted by Crippen LogP contribution is 2.24. The van der Waals surface area contributed by atoms with Crippen molar-refractivity contribution in [3.05, 3.63) is 11.1 Å². The zero-order chi connectivity index (χ0) is 13.5. The van der Waals surface area contributed by atoms with Gasteiger partial charge in [-0.3, -0.25) is 4.79 Å². The number of nitrogens with one attached hydrogen (secondary N) is 1. The second-order valence-electron chi connectivity index (χ2n) is 4.56. The summed E-state index contributed by atoms with van der Waals surface area (Å²) in [5.74, 6) is 3.17. The molecule has 1 aliphatic heterocycles. The molecule has 0 amide bonds. The lowest BCUT2D eigenvalue weighted by atomic mass is 10.1. The molecule has 4 nitrogen and oxygen atoms in total. The lowest BCUT2D eigenvalue weighted by Crippen LogP contribution is -2.13. The van der Waals surface area contributed by atoms with Crippen molar-refractivity contribution in [3.63, 3.8) is 0 Å². The zero-order valence-electron chi connectivity index (χ0n) is 11.2. The molecule has 0 aliphatic carbocycles. The van der Waals surface area contributed by atoms with Crippen LogP contribution >= 0.6 is 23.1 Å². The van der Waals surface area contributed by atoms with E-state index < -0.39 is 0 Å². The van der Waals surface area contributed by atoms with E-state index in [4.69, 9.17) is 4.74 Å². The second-order valence-corrected chi connectivity index (χ2v) is 6.57. The van der Waals surface area contributed by atoms with E-state index in [0.717, 1.165) is 23.3 Å². The zero-order valence-corrected chi connectivity index (χ0v) is 12.8. The SMILES string of the molecule is CCOC(=O)CCc1csc(NCC2CCSC2)n1. The number of carbonyl (C=O) groups excluding carboxylic acids is 1. The first-order valence-electron chi connectivity index (χ1n) is 6.69. The molecule has 0 radical (unpaired) electrons. The molecular weight excluding hydrogens is 280 g/mol. The predicted octanol–water partition coefficient (Wildman–Crippen LogP) is 2.80.